The van der Waals surface area contributed by atoms with Crippen molar-refractivity contribution in [2.45, 2.75) is 38.8 Å². The van der Waals surface area contributed by atoms with E-state index < -0.39 is 0 Å². The van der Waals surface area contributed by atoms with Gasteiger partial charge in [0.25, 0.3) is 5.91 Å². The summed E-state index contributed by atoms with van der Waals surface area (Å²) in [7, 11) is 1.58. The molecule has 0 aliphatic carbocycles. The molecule has 2 heterocycles. The van der Waals surface area contributed by atoms with Gasteiger partial charge in [0.1, 0.15) is 5.82 Å². The third-order valence-electron chi connectivity index (χ3n) is 6.08. The second-order valence-electron chi connectivity index (χ2n) is 8.12. The number of para-hydroxylation sites is 2. The Balaban J connectivity index is 1.38. The molecule has 8 heteroatoms. The third kappa shape index (κ3) is 5.10. The van der Waals surface area contributed by atoms with Gasteiger partial charge >= 0.3 is 5.69 Å². The second kappa shape index (κ2) is 10.4. The Morgan fingerprint density at radius 3 is 2.36 bits per heavy atom. The molecule has 0 saturated carbocycles. The average Bonchev–Trinajstić information content (AvgIpc) is 3.18. The molecule has 3 aromatic rings. The lowest BCUT2D eigenvalue weighted by atomic mass is 9.96. The summed E-state index contributed by atoms with van der Waals surface area (Å²) in [6, 6.07) is 17.2. The van der Waals surface area contributed by atoms with Gasteiger partial charge in [-0.25, -0.2) is 9.48 Å². The molecule has 33 heavy (non-hydrogen) atoms. The average molecular weight is 451 g/mol. The van der Waals surface area contributed by atoms with Gasteiger partial charge < -0.3 is 14.4 Å². The van der Waals surface area contributed by atoms with Gasteiger partial charge in [0.2, 0.25) is 0 Å². The van der Waals surface area contributed by atoms with Crippen molar-refractivity contribution in [3.8, 4) is 11.5 Å². The molecule has 0 radical (unpaired) electrons. The van der Waals surface area contributed by atoms with Crippen molar-refractivity contribution < 1.29 is 14.3 Å². The van der Waals surface area contributed by atoms with Gasteiger partial charge in [-0.1, -0.05) is 42.5 Å². The van der Waals surface area contributed by atoms with Crippen LogP contribution in [-0.2, 0) is 17.9 Å². The Kier molecular flexibility index (Phi) is 7.12. The van der Waals surface area contributed by atoms with Crippen LogP contribution in [0.25, 0.3) is 0 Å². The Bertz CT molecular complexity index is 1130. The normalized spacial score (nSPS) is 14.3. The van der Waals surface area contributed by atoms with Gasteiger partial charge in [-0.2, -0.15) is 5.10 Å². The van der Waals surface area contributed by atoms with Gasteiger partial charge in [-0.05, 0) is 37.5 Å². The minimum atomic E-state index is -0.0833. The first-order valence-corrected chi connectivity index (χ1v) is 11.4. The molecule has 1 fully saturated rings. The van der Waals surface area contributed by atoms with Gasteiger partial charge in [0.05, 0.1) is 13.7 Å². The topological polar surface area (TPSA) is 78.6 Å². The molecule has 1 aliphatic heterocycles. The van der Waals surface area contributed by atoms with Crippen molar-refractivity contribution in [3.05, 3.63) is 76.5 Å². The van der Waals surface area contributed by atoms with Crippen molar-refractivity contribution in [2.75, 3.05) is 26.8 Å². The van der Waals surface area contributed by atoms with Crippen molar-refractivity contribution >= 4 is 5.91 Å². The first-order chi connectivity index (χ1) is 16.1. The molecule has 1 saturated heterocycles. The summed E-state index contributed by atoms with van der Waals surface area (Å²) in [6.45, 7) is 4.19. The van der Waals surface area contributed by atoms with Crippen molar-refractivity contribution in [1.29, 1.82) is 0 Å². The zero-order chi connectivity index (χ0) is 23.2. The summed E-state index contributed by atoms with van der Waals surface area (Å²) >= 11 is 0. The summed E-state index contributed by atoms with van der Waals surface area (Å²) in [5.74, 6) is 2.07. The summed E-state index contributed by atoms with van der Waals surface area (Å²) < 4.78 is 14.3. The maximum absolute atomic E-state index is 12.9. The third-order valence-corrected chi connectivity index (χ3v) is 6.08. The van der Waals surface area contributed by atoms with Crippen LogP contribution in [0.1, 0.15) is 37.1 Å². The quantitative estimate of drug-likeness (QED) is 0.527. The van der Waals surface area contributed by atoms with E-state index in [0.717, 1.165) is 24.2 Å². The molecular formula is C25H30N4O4. The van der Waals surface area contributed by atoms with Gasteiger partial charge in [0, 0.05) is 25.6 Å². The number of rotatable bonds is 8. The molecule has 0 unspecified atom stereocenters. The highest BCUT2D eigenvalue weighted by Gasteiger charge is 2.28. The van der Waals surface area contributed by atoms with Crippen LogP contribution in [0.3, 0.4) is 0 Å². The van der Waals surface area contributed by atoms with Crippen LogP contribution < -0.4 is 15.2 Å². The summed E-state index contributed by atoms with van der Waals surface area (Å²) in [5, 5.41) is 4.69. The fourth-order valence-corrected chi connectivity index (χ4v) is 4.27. The standard InChI is InChI=1S/C25H30N4O4/c1-3-28-24(26-29(25(28)31)17-19-9-5-4-6-10-19)20-13-15-27(16-14-20)23(30)18-33-22-12-8-7-11-21(22)32-2/h4-12,20H,3,13-18H2,1-2H3. The van der Waals surface area contributed by atoms with Gasteiger partial charge in [-0.15, -0.1) is 0 Å². The molecule has 0 N–H and O–H groups in total. The van der Waals surface area contributed by atoms with Gasteiger partial charge in [-0.3, -0.25) is 9.36 Å². The highest BCUT2D eigenvalue weighted by Crippen LogP contribution is 2.28. The number of carbonyl (C=O) groups excluding carboxylic acids is 1. The molecule has 0 bridgehead atoms. The molecule has 0 spiro atoms. The molecule has 0 atom stereocenters. The van der Waals surface area contributed by atoms with E-state index in [2.05, 4.69) is 5.10 Å². The number of amides is 1. The number of carbonyl (C=O) groups is 1. The number of piperidine rings is 1. The van der Waals surface area contributed by atoms with Crippen molar-refractivity contribution in [2.24, 2.45) is 0 Å². The molecule has 1 amide bonds. The Morgan fingerprint density at radius 1 is 1.03 bits per heavy atom. The first-order valence-electron chi connectivity index (χ1n) is 11.4. The number of nitrogens with zero attached hydrogens (tertiary/aromatic N) is 4. The van der Waals surface area contributed by atoms with Crippen LogP contribution >= 0.6 is 0 Å². The van der Waals surface area contributed by atoms with E-state index in [1.807, 2.05) is 54.3 Å². The van der Waals surface area contributed by atoms with Crippen LogP contribution in [0, 0.1) is 0 Å². The van der Waals surface area contributed by atoms with E-state index in [1.165, 1.54) is 0 Å². The molecule has 4 rings (SSSR count). The van der Waals surface area contributed by atoms with Crippen molar-refractivity contribution in [1.82, 2.24) is 19.2 Å². The van der Waals surface area contributed by atoms with Crippen LogP contribution in [0.5, 0.6) is 11.5 Å². The molecule has 174 valence electrons. The predicted octanol–water partition coefficient (Wildman–Crippen LogP) is 2.91. The Morgan fingerprint density at radius 2 is 1.70 bits per heavy atom. The van der Waals surface area contributed by atoms with E-state index >= 15 is 0 Å². The maximum atomic E-state index is 12.9. The smallest absolute Gasteiger partial charge is 0.346 e. The lowest BCUT2D eigenvalue weighted by Crippen LogP contribution is -2.41. The number of ether oxygens (including phenoxy) is 2. The van der Waals surface area contributed by atoms with Crippen LogP contribution in [0.2, 0.25) is 0 Å². The lowest BCUT2D eigenvalue weighted by molar-refractivity contribution is -0.134. The Hall–Kier alpha value is -3.55. The van der Waals surface area contributed by atoms with Crippen LogP contribution in [-0.4, -0.2) is 52.0 Å². The van der Waals surface area contributed by atoms with E-state index in [0.29, 0.717) is 37.7 Å². The minimum Gasteiger partial charge on any atom is -0.493 e. The molecule has 2 aromatic carbocycles. The SMILES string of the molecule is CCn1c(C2CCN(C(=O)COc3ccccc3OC)CC2)nn(Cc2ccccc2)c1=O. The predicted molar refractivity (Wildman–Crippen MR) is 125 cm³/mol. The summed E-state index contributed by atoms with van der Waals surface area (Å²) in [4.78, 5) is 27.4. The fraction of sp³-hybridized carbons (Fsp3) is 0.400. The van der Waals surface area contributed by atoms with Crippen molar-refractivity contribution in [3.63, 3.8) is 0 Å². The van der Waals surface area contributed by atoms with Gasteiger partial charge in [0.15, 0.2) is 18.1 Å². The number of methoxy groups -OCH3 is 1. The highest BCUT2D eigenvalue weighted by molar-refractivity contribution is 5.78. The monoisotopic (exact) mass is 450 g/mol. The molecule has 8 nitrogen and oxygen atoms in total. The molecular weight excluding hydrogens is 420 g/mol. The fourth-order valence-electron chi connectivity index (χ4n) is 4.27. The lowest BCUT2D eigenvalue weighted by Gasteiger charge is -2.31. The number of aromatic nitrogens is 3. The van der Waals surface area contributed by atoms with E-state index in [9.17, 15) is 9.59 Å². The minimum absolute atomic E-state index is 0.0313. The molecule has 1 aromatic heterocycles. The zero-order valence-electron chi connectivity index (χ0n) is 19.1. The number of benzene rings is 2. The first kappa shape index (κ1) is 22.6. The second-order valence-corrected chi connectivity index (χ2v) is 8.12. The highest BCUT2D eigenvalue weighted by atomic mass is 16.5. The largest absolute Gasteiger partial charge is 0.493 e. The number of hydrogen-bond donors (Lipinski definition) is 0. The van der Waals surface area contributed by atoms with E-state index in [-0.39, 0.29) is 24.1 Å². The maximum Gasteiger partial charge on any atom is 0.346 e. The van der Waals surface area contributed by atoms with Crippen LogP contribution in [0.15, 0.2) is 59.4 Å². The Labute approximate surface area is 193 Å². The zero-order valence-corrected chi connectivity index (χ0v) is 19.1. The summed E-state index contributed by atoms with van der Waals surface area (Å²) in [5.41, 5.74) is 0.961. The number of hydrogen-bond acceptors (Lipinski definition) is 5. The number of likely N-dealkylation sites (tertiary alicyclic amines) is 1. The van der Waals surface area contributed by atoms with Crippen LogP contribution in [0.4, 0.5) is 0 Å². The summed E-state index contributed by atoms with van der Waals surface area (Å²) in [6.07, 6.45) is 1.53. The molecule has 1 aliphatic rings. The van der Waals surface area contributed by atoms with E-state index in [4.69, 9.17) is 9.47 Å². The van der Waals surface area contributed by atoms with E-state index in [1.54, 1.807) is 28.5 Å².